The predicted molar refractivity (Wildman–Crippen MR) is 87.1 cm³/mol. The molecule has 114 valence electrons. The van der Waals surface area contributed by atoms with Crippen molar-refractivity contribution in [2.45, 2.75) is 52.9 Å². The van der Waals surface area contributed by atoms with Crippen LogP contribution in [0.25, 0.3) is 5.57 Å². The van der Waals surface area contributed by atoms with Crippen LogP contribution in [0.3, 0.4) is 0 Å². The second kappa shape index (κ2) is 6.05. The van der Waals surface area contributed by atoms with Crippen molar-refractivity contribution in [3.8, 4) is 0 Å². The molecule has 0 bridgehead atoms. The van der Waals surface area contributed by atoms with Crippen LogP contribution in [-0.2, 0) is 14.9 Å². The number of hydrogen-bond acceptors (Lipinski definition) is 2. The van der Waals surface area contributed by atoms with Gasteiger partial charge in [0.1, 0.15) is 0 Å². The van der Waals surface area contributed by atoms with Crippen molar-refractivity contribution in [3.63, 3.8) is 0 Å². The van der Waals surface area contributed by atoms with Gasteiger partial charge in [0.15, 0.2) is 0 Å². The number of carbonyl (C=O) groups is 1. The van der Waals surface area contributed by atoms with E-state index in [-0.39, 0.29) is 5.97 Å². The van der Waals surface area contributed by atoms with Gasteiger partial charge in [-0.25, -0.2) is 0 Å². The zero-order chi connectivity index (χ0) is 15.6. The van der Waals surface area contributed by atoms with Gasteiger partial charge in [-0.3, -0.25) is 4.79 Å². The molecule has 1 aromatic rings. The standard InChI is InChI=1S/C19H26O2/c1-6-21-18(20)19(11-13(2)3)12-14(4)15(5)16-9-7-8-10-17(16)19/h7-10,13H,6,11-12H2,1-5H3/t19-/m1/s1. The van der Waals surface area contributed by atoms with E-state index < -0.39 is 5.41 Å². The Hall–Kier alpha value is -1.57. The summed E-state index contributed by atoms with van der Waals surface area (Å²) in [4.78, 5) is 12.8. The molecule has 0 unspecified atom stereocenters. The summed E-state index contributed by atoms with van der Waals surface area (Å²) in [6.07, 6.45) is 1.60. The summed E-state index contributed by atoms with van der Waals surface area (Å²) in [6, 6.07) is 8.31. The lowest BCUT2D eigenvalue weighted by molar-refractivity contribution is -0.151. The third-order valence-electron chi connectivity index (χ3n) is 4.48. The Bertz CT molecular complexity index is 569. The number of hydrogen-bond donors (Lipinski definition) is 0. The van der Waals surface area contributed by atoms with Crippen LogP contribution in [0.5, 0.6) is 0 Å². The summed E-state index contributed by atoms with van der Waals surface area (Å²) in [5.74, 6) is 0.367. The number of benzene rings is 1. The van der Waals surface area contributed by atoms with Crippen molar-refractivity contribution in [1.29, 1.82) is 0 Å². The first-order chi connectivity index (χ1) is 9.92. The van der Waals surface area contributed by atoms with E-state index in [1.54, 1.807) is 0 Å². The molecular weight excluding hydrogens is 260 g/mol. The summed E-state index contributed by atoms with van der Waals surface area (Å²) in [5, 5.41) is 0. The second-order valence-electron chi connectivity index (χ2n) is 6.53. The van der Waals surface area contributed by atoms with Crippen molar-refractivity contribution in [2.24, 2.45) is 5.92 Å². The van der Waals surface area contributed by atoms with Crippen LogP contribution in [0, 0.1) is 5.92 Å². The lowest BCUT2D eigenvalue weighted by Crippen LogP contribution is -2.41. The first-order valence-electron chi connectivity index (χ1n) is 7.85. The third-order valence-corrected chi connectivity index (χ3v) is 4.48. The van der Waals surface area contributed by atoms with Crippen molar-refractivity contribution in [1.82, 2.24) is 0 Å². The van der Waals surface area contributed by atoms with Gasteiger partial charge in [0, 0.05) is 0 Å². The molecule has 0 amide bonds. The van der Waals surface area contributed by atoms with Gasteiger partial charge in [-0.15, -0.1) is 0 Å². The van der Waals surface area contributed by atoms with Crippen LogP contribution in [0.15, 0.2) is 29.8 Å². The Morgan fingerprint density at radius 1 is 1.29 bits per heavy atom. The molecule has 0 radical (unpaired) electrons. The lowest BCUT2D eigenvalue weighted by Gasteiger charge is -2.39. The van der Waals surface area contributed by atoms with E-state index in [1.165, 1.54) is 16.7 Å². The minimum atomic E-state index is -0.523. The maximum absolute atomic E-state index is 12.8. The highest BCUT2D eigenvalue weighted by Gasteiger charge is 2.45. The van der Waals surface area contributed by atoms with E-state index in [2.05, 4.69) is 39.8 Å². The molecule has 2 rings (SSSR count). The zero-order valence-corrected chi connectivity index (χ0v) is 13.8. The molecule has 0 heterocycles. The topological polar surface area (TPSA) is 26.3 Å². The van der Waals surface area contributed by atoms with Crippen LogP contribution in [0.4, 0.5) is 0 Å². The average molecular weight is 286 g/mol. The van der Waals surface area contributed by atoms with Gasteiger partial charge in [0.25, 0.3) is 0 Å². The predicted octanol–water partition coefficient (Wildman–Crippen LogP) is 4.73. The Morgan fingerprint density at radius 3 is 2.57 bits per heavy atom. The molecule has 0 saturated carbocycles. The summed E-state index contributed by atoms with van der Waals surface area (Å²) >= 11 is 0. The molecule has 1 atom stereocenters. The highest BCUT2D eigenvalue weighted by molar-refractivity contribution is 5.89. The van der Waals surface area contributed by atoms with Crippen molar-refractivity contribution >= 4 is 11.5 Å². The maximum Gasteiger partial charge on any atom is 0.316 e. The fourth-order valence-corrected chi connectivity index (χ4v) is 3.55. The lowest BCUT2D eigenvalue weighted by atomic mass is 9.64. The minimum absolute atomic E-state index is 0.0713. The monoisotopic (exact) mass is 286 g/mol. The number of fused-ring (bicyclic) bond motifs is 1. The van der Waals surface area contributed by atoms with Gasteiger partial charge >= 0.3 is 5.97 Å². The summed E-state index contributed by atoms with van der Waals surface area (Å²) in [5.41, 5.74) is 4.41. The largest absolute Gasteiger partial charge is 0.465 e. The Morgan fingerprint density at radius 2 is 1.95 bits per heavy atom. The molecule has 0 aromatic heterocycles. The highest BCUT2D eigenvalue weighted by atomic mass is 16.5. The number of ether oxygens (including phenoxy) is 1. The van der Waals surface area contributed by atoms with Crippen LogP contribution >= 0.6 is 0 Å². The molecule has 2 heteroatoms. The van der Waals surface area contributed by atoms with Crippen LogP contribution < -0.4 is 0 Å². The smallest absolute Gasteiger partial charge is 0.316 e. The summed E-state index contributed by atoms with van der Waals surface area (Å²) in [6.45, 7) is 10.9. The van der Waals surface area contributed by atoms with Crippen molar-refractivity contribution in [2.75, 3.05) is 6.61 Å². The van der Waals surface area contributed by atoms with E-state index in [4.69, 9.17) is 4.74 Å². The summed E-state index contributed by atoms with van der Waals surface area (Å²) in [7, 11) is 0. The maximum atomic E-state index is 12.8. The van der Waals surface area contributed by atoms with Gasteiger partial charge in [0.05, 0.1) is 12.0 Å². The van der Waals surface area contributed by atoms with Crippen molar-refractivity contribution in [3.05, 3.63) is 41.0 Å². The number of esters is 1. The molecule has 1 aromatic carbocycles. The van der Waals surface area contributed by atoms with Crippen LogP contribution in [0.1, 0.15) is 58.6 Å². The molecule has 0 N–H and O–H groups in total. The van der Waals surface area contributed by atoms with Gasteiger partial charge in [-0.2, -0.15) is 0 Å². The van der Waals surface area contributed by atoms with E-state index in [1.807, 2.05) is 19.1 Å². The van der Waals surface area contributed by atoms with E-state index in [0.29, 0.717) is 12.5 Å². The number of rotatable bonds is 4. The van der Waals surface area contributed by atoms with Gasteiger partial charge < -0.3 is 4.74 Å². The Kier molecular flexibility index (Phi) is 4.55. The Labute approximate surface area is 128 Å². The van der Waals surface area contributed by atoms with Gasteiger partial charge in [-0.1, -0.05) is 43.7 Å². The molecule has 1 aliphatic carbocycles. The first kappa shape index (κ1) is 15.8. The highest BCUT2D eigenvalue weighted by Crippen LogP contribution is 2.46. The fraction of sp³-hybridized carbons (Fsp3) is 0.526. The molecule has 0 fully saturated rings. The SMILES string of the molecule is CCOC(=O)[C@]1(CC(C)C)CC(C)=C(C)c2ccccc21. The van der Waals surface area contributed by atoms with E-state index >= 15 is 0 Å². The fourth-order valence-electron chi connectivity index (χ4n) is 3.55. The molecule has 2 nitrogen and oxygen atoms in total. The minimum Gasteiger partial charge on any atom is -0.465 e. The molecule has 21 heavy (non-hydrogen) atoms. The third kappa shape index (κ3) is 2.76. The molecule has 0 spiro atoms. The van der Waals surface area contributed by atoms with Gasteiger partial charge in [0.2, 0.25) is 0 Å². The zero-order valence-electron chi connectivity index (χ0n) is 13.8. The van der Waals surface area contributed by atoms with Gasteiger partial charge in [-0.05, 0) is 56.2 Å². The Balaban J connectivity index is 2.63. The molecule has 0 saturated heterocycles. The van der Waals surface area contributed by atoms with E-state index in [9.17, 15) is 4.79 Å². The van der Waals surface area contributed by atoms with Crippen molar-refractivity contribution < 1.29 is 9.53 Å². The normalized spacial score (nSPS) is 21.4. The number of allylic oxidation sites excluding steroid dienone is 2. The van der Waals surface area contributed by atoms with E-state index in [0.717, 1.165) is 18.4 Å². The molecule has 0 aliphatic heterocycles. The molecule has 1 aliphatic rings. The average Bonchev–Trinajstić information content (AvgIpc) is 2.44. The quantitative estimate of drug-likeness (QED) is 0.748. The van der Waals surface area contributed by atoms with Crippen LogP contribution in [0.2, 0.25) is 0 Å². The number of carbonyl (C=O) groups excluding carboxylic acids is 1. The second-order valence-corrected chi connectivity index (χ2v) is 6.53. The first-order valence-corrected chi connectivity index (χ1v) is 7.85. The molecular formula is C19H26O2. The van der Waals surface area contributed by atoms with Crippen LogP contribution in [-0.4, -0.2) is 12.6 Å². The summed E-state index contributed by atoms with van der Waals surface area (Å²) < 4.78 is 5.46.